The van der Waals surface area contributed by atoms with Gasteiger partial charge in [0, 0.05) is 5.70 Å². The first kappa shape index (κ1) is 7.50. The Hall–Kier alpha value is -0.500. The van der Waals surface area contributed by atoms with Gasteiger partial charge in [0.1, 0.15) is 0 Å². The second kappa shape index (κ2) is 3.50. The van der Waals surface area contributed by atoms with Gasteiger partial charge in [-0.1, -0.05) is 6.92 Å². The summed E-state index contributed by atoms with van der Waals surface area (Å²) in [7, 11) is 0. The molecular weight excluding hydrogens is 102 g/mol. The van der Waals surface area contributed by atoms with Gasteiger partial charge in [0.15, 0.2) is 0 Å². The van der Waals surface area contributed by atoms with Crippen LogP contribution in [0, 0.1) is 0 Å². The normalized spacial score (nSPS) is 16.1. The molecule has 0 rings (SSSR count). The molecule has 0 amide bonds. The third-order valence-electron chi connectivity index (χ3n) is 0.874. The molecular formula is C6H13NO. The molecule has 1 unspecified atom stereocenters. The summed E-state index contributed by atoms with van der Waals surface area (Å²) < 4.78 is 0. The summed E-state index contributed by atoms with van der Waals surface area (Å²) in [6.45, 7) is 3.67. The maximum atomic E-state index is 8.87. The Morgan fingerprint density at radius 1 is 1.88 bits per heavy atom. The van der Waals surface area contributed by atoms with E-state index < -0.39 is 0 Å². The summed E-state index contributed by atoms with van der Waals surface area (Å²) in [5.74, 6) is 0. The maximum Gasteiger partial charge on any atom is 0.0737 e. The molecule has 8 heavy (non-hydrogen) atoms. The van der Waals surface area contributed by atoms with Crippen LogP contribution in [0.2, 0.25) is 0 Å². The zero-order chi connectivity index (χ0) is 6.57. The van der Waals surface area contributed by atoms with Gasteiger partial charge in [-0.3, -0.25) is 0 Å². The summed E-state index contributed by atoms with van der Waals surface area (Å²) in [6.07, 6.45) is 2.01. The van der Waals surface area contributed by atoms with Crippen molar-refractivity contribution in [2.75, 3.05) is 0 Å². The number of rotatable bonds is 2. The Kier molecular flexibility index (Phi) is 3.28. The molecule has 0 aliphatic rings. The Morgan fingerprint density at radius 3 is 2.50 bits per heavy atom. The predicted octanol–water partition coefficient (Wildman–Crippen LogP) is 0.620. The van der Waals surface area contributed by atoms with E-state index in [1.54, 1.807) is 13.0 Å². The lowest BCUT2D eigenvalue weighted by Crippen LogP contribution is -2.03. The van der Waals surface area contributed by atoms with Crippen molar-refractivity contribution in [1.82, 2.24) is 0 Å². The van der Waals surface area contributed by atoms with Crippen LogP contribution in [0.25, 0.3) is 0 Å². The molecule has 1 atom stereocenters. The molecule has 0 heterocycles. The van der Waals surface area contributed by atoms with E-state index in [2.05, 4.69) is 0 Å². The third kappa shape index (κ3) is 3.68. The third-order valence-corrected chi connectivity index (χ3v) is 0.874. The monoisotopic (exact) mass is 115 g/mol. The van der Waals surface area contributed by atoms with E-state index in [0.717, 1.165) is 6.42 Å². The van der Waals surface area contributed by atoms with Crippen LogP contribution in [-0.4, -0.2) is 11.2 Å². The smallest absolute Gasteiger partial charge is 0.0737 e. The number of hydrogen-bond acceptors (Lipinski definition) is 2. The SMILES string of the molecule is CCC(O)/C=C(/C)N. The summed E-state index contributed by atoms with van der Waals surface area (Å²) >= 11 is 0. The first-order chi connectivity index (χ1) is 3.66. The van der Waals surface area contributed by atoms with E-state index in [0.29, 0.717) is 5.70 Å². The summed E-state index contributed by atoms with van der Waals surface area (Å²) in [5, 5.41) is 8.87. The Balaban J connectivity index is 3.51. The molecule has 0 radical (unpaired) electrons. The fourth-order valence-electron chi connectivity index (χ4n) is 0.421. The van der Waals surface area contributed by atoms with Crippen LogP contribution in [0.15, 0.2) is 11.8 Å². The molecule has 0 bridgehead atoms. The van der Waals surface area contributed by atoms with Gasteiger partial charge in [-0.25, -0.2) is 0 Å². The van der Waals surface area contributed by atoms with Gasteiger partial charge < -0.3 is 10.8 Å². The van der Waals surface area contributed by atoms with E-state index in [-0.39, 0.29) is 6.10 Å². The van der Waals surface area contributed by atoms with Crippen molar-refractivity contribution in [2.24, 2.45) is 5.73 Å². The molecule has 0 spiro atoms. The van der Waals surface area contributed by atoms with Crippen molar-refractivity contribution in [3.05, 3.63) is 11.8 Å². The highest BCUT2D eigenvalue weighted by atomic mass is 16.3. The zero-order valence-corrected chi connectivity index (χ0v) is 5.39. The average Bonchev–Trinajstić information content (AvgIpc) is 1.65. The van der Waals surface area contributed by atoms with Crippen molar-refractivity contribution < 1.29 is 5.11 Å². The summed E-state index contributed by atoms with van der Waals surface area (Å²) in [4.78, 5) is 0. The van der Waals surface area contributed by atoms with Gasteiger partial charge in [0.2, 0.25) is 0 Å². The van der Waals surface area contributed by atoms with Gasteiger partial charge in [0.05, 0.1) is 6.10 Å². The number of allylic oxidation sites excluding steroid dienone is 1. The fraction of sp³-hybridized carbons (Fsp3) is 0.667. The summed E-state index contributed by atoms with van der Waals surface area (Å²) in [5.41, 5.74) is 5.95. The van der Waals surface area contributed by atoms with E-state index in [1.807, 2.05) is 6.92 Å². The molecule has 0 aliphatic carbocycles. The lowest BCUT2D eigenvalue weighted by atomic mass is 10.2. The largest absolute Gasteiger partial charge is 0.402 e. The molecule has 0 fully saturated rings. The zero-order valence-electron chi connectivity index (χ0n) is 5.39. The van der Waals surface area contributed by atoms with E-state index >= 15 is 0 Å². The first-order valence-corrected chi connectivity index (χ1v) is 2.78. The highest BCUT2D eigenvalue weighted by Gasteiger charge is 1.91. The lowest BCUT2D eigenvalue weighted by molar-refractivity contribution is 0.218. The van der Waals surface area contributed by atoms with Gasteiger partial charge in [-0.15, -0.1) is 0 Å². The highest BCUT2D eigenvalue weighted by molar-refractivity contribution is 4.95. The van der Waals surface area contributed by atoms with Crippen LogP contribution in [0.4, 0.5) is 0 Å². The van der Waals surface area contributed by atoms with Crippen molar-refractivity contribution in [2.45, 2.75) is 26.4 Å². The number of aliphatic hydroxyl groups is 1. The Bertz CT molecular complexity index is 84.5. The molecule has 0 aromatic carbocycles. The van der Waals surface area contributed by atoms with Crippen molar-refractivity contribution in [3.63, 3.8) is 0 Å². The fourth-order valence-corrected chi connectivity index (χ4v) is 0.421. The van der Waals surface area contributed by atoms with Gasteiger partial charge in [-0.2, -0.15) is 0 Å². The van der Waals surface area contributed by atoms with Crippen LogP contribution >= 0.6 is 0 Å². The minimum atomic E-state index is -0.361. The van der Waals surface area contributed by atoms with E-state index in [4.69, 9.17) is 10.8 Å². The van der Waals surface area contributed by atoms with Crippen molar-refractivity contribution >= 4 is 0 Å². The topological polar surface area (TPSA) is 46.2 Å². The van der Waals surface area contributed by atoms with Crippen molar-refractivity contribution in [3.8, 4) is 0 Å². The minimum Gasteiger partial charge on any atom is -0.402 e. The Labute approximate surface area is 50.0 Å². The van der Waals surface area contributed by atoms with Crippen LogP contribution in [-0.2, 0) is 0 Å². The van der Waals surface area contributed by atoms with Gasteiger partial charge in [-0.05, 0) is 19.4 Å². The molecule has 2 heteroatoms. The molecule has 0 aliphatic heterocycles. The van der Waals surface area contributed by atoms with Crippen LogP contribution in [0.1, 0.15) is 20.3 Å². The average molecular weight is 115 g/mol. The summed E-state index contributed by atoms with van der Waals surface area (Å²) in [6, 6.07) is 0. The molecule has 0 aromatic rings. The molecule has 2 nitrogen and oxygen atoms in total. The molecule has 0 saturated heterocycles. The molecule has 3 N–H and O–H groups in total. The quantitative estimate of drug-likeness (QED) is 0.554. The van der Waals surface area contributed by atoms with Crippen LogP contribution in [0.5, 0.6) is 0 Å². The lowest BCUT2D eigenvalue weighted by Gasteiger charge is -1.98. The second-order valence-corrected chi connectivity index (χ2v) is 1.89. The van der Waals surface area contributed by atoms with Gasteiger partial charge in [0.25, 0.3) is 0 Å². The number of aliphatic hydroxyl groups excluding tert-OH is 1. The van der Waals surface area contributed by atoms with Crippen molar-refractivity contribution in [1.29, 1.82) is 0 Å². The van der Waals surface area contributed by atoms with E-state index in [9.17, 15) is 0 Å². The minimum absolute atomic E-state index is 0.361. The standard InChI is InChI=1S/C6H13NO/c1-3-6(8)4-5(2)7/h4,6,8H,3,7H2,1-2H3/b5-4-. The highest BCUT2D eigenvalue weighted by Crippen LogP contribution is 1.92. The molecule has 0 aromatic heterocycles. The molecule has 0 saturated carbocycles. The number of nitrogens with two attached hydrogens (primary N) is 1. The van der Waals surface area contributed by atoms with Crippen LogP contribution in [0.3, 0.4) is 0 Å². The number of hydrogen-bond donors (Lipinski definition) is 2. The Morgan fingerprint density at radius 2 is 2.38 bits per heavy atom. The maximum absolute atomic E-state index is 8.87. The predicted molar refractivity (Wildman–Crippen MR) is 34.2 cm³/mol. The van der Waals surface area contributed by atoms with Gasteiger partial charge >= 0.3 is 0 Å². The van der Waals surface area contributed by atoms with E-state index in [1.165, 1.54) is 0 Å². The molecule has 48 valence electrons. The second-order valence-electron chi connectivity index (χ2n) is 1.89. The van der Waals surface area contributed by atoms with Crippen LogP contribution < -0.4 is 5.73 Å². The first-order valence-electron chi connectivity index (χ1n) is 2.78.